The van der Waals surface area contributed by atoms with E-state index in [-0.39, 0.29) is 25.2 Å². The van der Waals surface area contributed by atoms with Gasteiger partial charge < -0.3 is 9.15 Å². The maximum absolute atomic E-state index is 12.3. The SMILES string of the molecule is Cc1cc(C(=O)CCC(=O)OCc2cc(=O)oc3cc(C)c(Cl)cc23)c(C)s1. The van der Waals surface area contributed by atoms with Crippen molar-refractivity contribution in [3.05, 3.63) is 66.2 Å². The monoisotopic (exact) mass is 418 g/mol. The van der Waals surface area contributed by atoms with Crippen LogP contribution < -0.4 is 5.63 Å². The number of Topliss-reactive ketones (excluding diaryl/α,β-unsaturated/α-hetero) is 1. The zero-order valence-corrected chi connectivity index (χ0v) is 17.3. The second-order valence-electron chi connectivity index (χ2n) is 6.60. The number of hydrogen-bond donors (Lipinski definition) is 0. The van der Waals surface area contributed by atoms with Crippen molar-refractivity contribution < 1.29 is 18.7 Å². The van der Waals surface area contributed by atoms with Gasteiger partial charge >= 0.3 is 11.6 Å². The van der Waals surface area contributed by atoms with Gasteiger partial charge in [0, 0.05) is 43.8 Å². The number of fused-ring (bicyclic) bond motifs is 1. The topological polar surface area (TPSA) is 73.6 Å². The summed E-state index contributed by atoms with van der Waals surface area (Å²) >= 11 is 7.71. The van der Waals surface area contributed by atoms with Gasteiger partial charge in [-0.3, -0.25) is 9.59 Å². The minimum absolute atomic E-state index is 0.0214. The molecule has 0 bridgehead atoms. The summed E-state index contributed by atoms with van der Waals surface area (Å²) in [6.45, 7) is 5.55. The van der Waals surface area contributed by atoms with Crippen molar-refractivity contribution in [1.82, 2.24) is 0 Å². The van der Waals surface area contributed by atoms with Gasteiger partial charge in [-0.2, -0.15) is 0 Å². The van der Waals surface area contributed by atoms with Crippen LogP contribution in [0.25, 0.3) is 11.0 Å². The Kier molecular flexibility index (Phi) is 6.01. The van der Waals surface area contributed by atoms with Gasteiger partial charge in [-0.05, 0) is 44.5 Å². The van der Waals surface area contributed by atoms with E-state index in [1.54, 1.807) is 23.5 Å². The quantitative estimate of drug-likeness (QED) is 0.315. The number of ketones is 1. The van der Waals surface area contributed by atoms with Crippen molar-refractivity contribution in [1.29, 1.82) is 0 Å². The first-order valence-corrected chi connectivity index (χ1v) is 9.93. The van der Waals surface area contributed by atoms with E-state index in [0.29, 0.717) is 27.1 Å². The molecule has 0 saturated heterocycles. The average Bonchev–Trinajstić information content (AvgIpc) is 2.97. The number of carbonyl (C=O) groups is 2. The lowest BCUT2D eigenvalue weighted by molar-refractivity contribution is -0.144. The summed E-state index contributed by atoms with van der Waals surface area (Å²) in [5.74, 6) is -0.579. The minimum Gasteiger partial charge on any atom is -0.461 e. The lowest BCUT2D eigenvalue weighted by atomic mass is 10.1. The van der Waals surface area contributed by atoms with Gasteiger partial charge in [0.15, 0.2) is 5.78 Å². The number of esters is 1. The summed E-state index contributed by atoms with van der Waals surface area (Å²) in [6.07, 6.45) is 0.0605. The molecule has 28 heavy (non-hydrogen) atoms. The van der Waals surface area contributed by atoms with E-state index < -0.39 is 11.6 Å². The van der Waals surface area contributed by atoms with Gasteiger partial charge in [0.25, 0.3) is 0 Å². The Morgan fingerprint density at radius 3 is 2.54 bits per heavy atom. The molecule has 5 nitrogen and oxygen atoms in total. The Labute approximate surface area is 170 Å². The molecule has 0 radical (unpaired) electrons. The molecule has 0 aliphatic rings. The van der Waals surface area contributed by atoms with Gasteiger partial charge in [0.2, 0.25) is 0 Å². The molecular weight excluding hydrogens is 400 g/mol. The third-order valence-electron chi connectivity index (χ3n) is 4.40. The fourth-order valence-corrected chi connectivity index (χ4v) is 4.06. The van der Waals surface area contributed by atoms with Crippen molar-refractivity contribution in [2.75, 3.05) is 0 Å². The fourth-order valence-electron chi connectivity index (χ4n) is 2.96. The molecule has 2 heterocycles. The van der Waals surface area contributed by atoms with Crippen LogP contribution >= 0.6 is 22.9 Å². The Morgan fingerprint density at radius 2 is 1.86 bits per heavy atom. The zero-order chi connectivity index (χ0) is 20.4. The van der Waals surface area contributed by atoms with Crippen molar-refractivity contribution in [2.24, 2.45) is 0 Å². The number of hydrogen-bond acceptors (Lipinski definition) is 6. The summed E-state index contributed by atoms with van der Waals surface area (Å²) in [6, 6.07) is 6.48. The molecule has 3 aromatic rings. The van der Waals surface area contributed by atoms with E-state index in [2.05, 4.69) is 0 Å². The highest BCUT2D eigenvalue weighted by molar-refractivity contribution is 7.12. The second-order valence-corrected chi connectivity index (χ2v) is 8.47. The van der Waals surface area contributed by atoms with Crippen LogP contribution in [-0.4, -0.2) is 11.8 Å². The Hall–Kier alpha value is -2.44. The van der Waals surface area contributed by atoms with E-state index in [0.717, 1.165) is 15.3 Å². The Balaban J connectivity index is 1.66. The van der Waals surface area contributed by atoms with Crippen LogP contribution in [0.3, 0.4) is 0 Å². The number of rotatable bonds is 6. The van der Waals surface area contributed by atoms with Crippen LogP contribution in [0.4, 0.5) is 0 Å². The summed E-state index contributed by atoms with van der Waals surface area (Å²) in [4.78, 5) is 38.1. The molecule has 0 spiro atoms. The van der Waals surface area contributed by atoms with Crippen molar-refractivity contribution in [3.8, 4) is 0 Å². The first kappa shape index (κ1) is 20.3. The smallest absolute Gasteiger partial charge is 0.336 e. The molecule has 0 aliphatic carbocycles. The zero-order valence-electron chi connectivity index (χ0n) is 15.8. The van der Waals surface area contributed by atoms with Gasteiger partial charge in [-0.25, -0.2) is 4.79 Å². The molecule has 0 aliphatic heterocycles. The minimum atomic E-state index is -0.529. The Morgan fingerprint density at radius 1 is 1.11 bits per heavy atom. The van der Waals surface area contributed by atoms with E-state index in [9.17, 15) is 14.4 Å². The predicted molar refractivity (Wildman–Crippen MR) is 109 cm³/mol. The van der Waals surface area contributed by atoms with E-state index in [1.807, 2.05) is 26.8 Å². The normalized spacial score (nSPS) is 11.0. The lowest BCUT2D eigenvalue weighted by Gasteiger charge is -2.08. The molecule has 0 saturated carbocycles. The maximum Gasteiger partial charge on any atom is 0.336 e. The molecule has 3 rings (SSSR count). The highest BCUT2D eigenvalue weighted by Gasteiger charge is 2.15. The number of ether oxygens (including phenoxy) is 1. The predicted octanol–water partition coefficient (Wildman–Crippen LogP) is 5.14. The lowest BCUT2D eigenvalue weighted by Crippen LogP contribution is -2.10. The summed E-state index contributed by atoms with van der Waals surface area (Å²) in [7, 11) is 0. The fraction of sp³-hybridized carbons (Fsp3) is 0.286. The van der Waals surface area contributed by atoms with E-state index in [1.165, 1.54) is 6.07 Å². The van der Waals surface area contributed by atoms with Crippen LogP contribution in [0, 0.1) is 20.8 Å². The molecule has 1 aromatic carbocycles. The highest BCUT2D eigenvalue weighted by atomic mass is 35.5. The molecule has 0 amide bonds. The molecule has 7 heteroatoms. The van der Waals surface area contributed by atoms with Crippen LogP contribution in [0.2, 0.25) is 5.02 Å². The third-order valence-corrected chi connectivity index (χ3v) is 5.77. The van der Waals surface area contributed by atoms with Crippen molar-refractivity contribution >= 4 is 45.7 Å². The maximum atomic E-state index is 12.3. The van der Waals surface area contributed by atoms with Crippen LogP contribution in [0.5, 0.6) is 0 Å². The van der Waals surface area contributed by atoms with Crippen molar-refractivity contribution in [3.63, 3.8) is 0 Å². The first-order valence-electron chi connectivity index (χ1n) is 8.73. The standard InChI is InChI=1S/C21H19ClO5S/c1-11-6-19-16(9-17(11)22)14(8-21(25)27-19)10-26-20(24)5-4-18(23)15-7-12(2)28-13(15)3/h6-9H,4-5,10H2,1-3H3. The van der Waals surface area contributed by atoms with Gasteiger partial charge in [0.05, 0.1) is 6.42 Å². The number of aryl methyl sites for hydroxylation is 3. The molecule has 0 N–H and O–H groups in total. The second kappa shape index (κ2) is 8.29. The highest BCUT2D eigenvalue weighted by Crippen LogP contribution is 2.26. The largest absolute Gasteiger partial charge is 0.461 e. The molecule has 0 atom stereocenters. The number of halogens is 1. The molecule has 0 unspecified atom stereocenters. The van der Waals surface area contributed by atoms with Crippen molar-refractivity contribution in [2.45, 2.75) is 40.2 Å². The molecule has 0 fully saturated rings. The third kappa shape index (κ3) is 4.51. The molecular formula is C21H19ClO5S. The van der Waals surface area contributed by atoms with Gasteiger partial charge in [0.1, 0.15) is 12.2 Å². The molecule has 146 valence electrons. The van der Waals surface area contributed by atoms with Gasteiger partial charge in [-0.1, -0.05) is 11.6 Å². The molecule has 2 aromatic heterocycles. The number of thiophene rings is 1. The van der Waals surface area contributed by atoms with E-state index in [4.69, 9.17) is 20.8 Å². The average molecular weight is 419 g/mol. The number of carbonyl (C=O) groups excluding carboxylic acids is 2. The van der Waals surface area contributed by atoms with Crippen LogP contribution in [0.15, 0.2) is 33.5 Å². The van der Waals surface area contributed by atoms with Crippen LogP contribution in [-0.2, 0) is 16.1 Å². The first-order chi connectivity index (χ1) is 13.2. The summed E-state index contributed by atoms with van der Waals surface area (Å²) < 4.78 is 10.5. The summed E-state index contributed by atoms with van der Waals surface area (Å²) in [5.41, 5.74) is 1.81. The van der Waals surface area contributed by atoms with E-state index >= 15 is 0 Å². The summed E-state index contributed by atoms with van der Waals surface area (Å²) in [5, 5.41) is 1.14. The van der Waals surface area contributed by atoms with Crippen LogP contribution in [0.1, 0.15) is 44.1 Å². The Bertz CT molecular complexity index is 1130. The number of benzene rings is 1. The van der Waals surface area contributed by atoms with Gasteiger partial charge in [-0.15, -0.1) is 11.3 Å².